The van der Waals surface area contributed by atoms with E-state index in [0.29, 0.717) is 31.9 Å². The lowest BCUT2D eigenvalue weighted by molar-refractivity contribution is -0.130. The number of aryl methyl sites for hydroxylation is 1. The van der Waals surface area contributed by atoms with Gasteiger partial charge in [-0.15, -0.1) is 0 Å². The standard InChI is InChI=1S/C15H16N2O3/c1-10-2-3-11-12(9-16-13(11)8-10)14(18)15(19)17-4-6-20-7-5-17/h2-3,8-9,16H,4-7H2,1H3. The van der Waals surface area contributed by atoms with Gasteiger partial charge in [-0.3, -0.25) is 9.59 Å². The van der Waals surface area contributed by atoms with Gasteiger partial charge in [-0.25, -0.2) is 0 Å². The number of ether oxygens (including phenoxy) is 1. The van der Waals surface area contributed by atoms with E-state index in [9.17, 15) is 9.59 Å². The third kappa shape index (κ3) is 2.20. The summed E-state index contributed by atoms with van der Waals surface area (Å²) in [5.41, 5.74) is 2.43. The smallest absolute Gasteiger partial charge is 0.295 e. The van der Waals surface area contributed by atoms with E-state index in [0.717, 1.165) is 16.5 Å². The molecule has 5 heteroatoms. The quantitative estimate of drug-likeness (QED) is 0.666. The zero-order chi connectivity index (χ0) is 14.1. The normalized spacial score (nSPS) is 15.6. The molecule has 1 aliphatic heterocycles. The zero-order valence-corrected chi connectivity index (χ0v) is 11.3. The summed E-state index contributed by atoms with van der Waals surface area (Å²) in [5.74, 6) is -0.906. The number of nitrogens with one attached hydrogen (secondary N) is 1. The molecule has 20 heavy (non-hydrogen) atoms. The Hall–Kier alpha value is -2.14. The summed E-state index contributed by atoms with van der Waals surface area (Å²) in [6.07, 6.45) is 1.62. The minimum Gasteiger partial charge on any atom is -0.378 e. The molecule has 0 saturated carbocycles. The van der Waals surface area contributed by atoms with E-state index in [1.54, 1.807) is 11.1 Å². The van der Waals surface area contributed by atoms with Crippen LogP contribution in [0.3, 0.4) is 0 Å². The predicted octanol–water partition coefficient (Wildman–Crippen LogP) is 1.52. The lowest BCUT2D eigenvalue weighted by atomic mass is 10.1. The molecule has 1 N–H and O–H groups in total. The van der Waals surface area contributed by atoms with Crippen molar-refractivity contribution in [3.05, 3.63) is 35.5 Å². The van der Waals surface area contributed by atoms with Gasteiger partial charge in [0.25, 0.3) is 11.7 Å². The van der Waals surface area contributed by atoms with Crippen molar-refractivity contribution < 1.29 is 14.3 Å². The summed E-state index contributed by atoms with van der Waals surface area (Å²) < 4.78 is 5.19. The second-order valence-electron chi connectivity index (χ2n) is 4.99. The summed E-state index contributed by atoms with van der Waals surface area (Å²) in [5, 5.41) is 0.794. The number of hydrogen-bond donors (Lipinski definition) is 1. The third-order valence-corrected chi connectivity index (χ3v) is 3.57. The summed E-state index contributed by atoms with van der Waals surface area (Å²) in [6, 6.07) is 5.78. The number of carbonyl (C=O) groups is 2. The van der Waals surface area contributed by atoms with E-state index >= 15 is 0 Å². The molecule has 0 atom stereocenters. The zero-order valence-electron chi connectivity index (χ0n) is 11.3. The first-order chi connectivity index (χ1) is 9.66. The number of morpholine rings is 1. The molecular weight excluding hydrogens is 256 g/mol. The molecule has 0 unspecified atom stereocenters. The molecule has 1 fully saturated rings. The summed E-state index contributed by atoms with van der Waals surface area (Å²) in [6.45, 7) is 3.93. The van der Waals surface area contributed by atoms with E-state index < -0.39 is 11.7 Å². The van der Waals surface area contributed by atoms with Crippen molar-refractivity contribution in [2.24, 2.45) is 0 Å². The van der Waals surface area contributed by atoms with Gasteiger partial charge in [0.1, 0.15) is 0 Å². The maximum atomic E-state index is 12.4. The second-order valence-corrected chi connectivity index (χ2v) is 4.99. The van der Waals surface area contributed by atoms with Crippen LogP contribution in [0.4, 0.5) is 0 Å². The van der Waals surface area contributed by atoms with Crippen molar-refractivity contribution in [3.8, 4) is 0 Å². The predicted molar refractivity (Wildman–Crippen MR) is 74.8 cm³/mol. The Morgan fingerprint density at radius 2 is 2.00 bits per heavy atom. The molecule has 1 aliphatic rings. The molecule has 1 aromatic heterocycles. The van der Waals surface area contributed by atoms with Gasteiger partial charge in [0.05, 0.1) is 18.8 Å². The van der Waals surface area contributed by atoms with Gasteiger partial charge in [-0.1, -0.05) is 12.1 Å². The van der Waals surface area contributed by atoms with Crippen LogP contribution in [0, 0.1) is 6.92 Å². The fourth-order valence-electron chi connectivity index (χ4n) is 2.45. The fourth-order valence-corrected chi connectivity index (χ4v) is 2.45. The number of rotatable bonds is 2. The lowest BCUT2D eigenvalue weighted by Crippen LogP contribution is -2.44. The Balaban J connectivity index is 1.90. The lowest BCUT2D eigenvalue weighted by Gasteiger charge is -2.25. The molecule has 2 heterocycles. The highest BCUT2D eigenvalue weighted by molar-refractivity contribution is 6.44. The molecule has 104 valence electrons. The first-order valence-corrected chi connectivity index (χ1v) is 6.66. The molecule has 5 nitrogen and oxygen atoms in total. The van der Waals surface area contributed by atoms with Crippen molar-refractivity contribution in [1.29, 1.82) is 0 Å². The van der Waals surface area contributed by atoms with Crippen LogP contribution in [0.2, 0.25) is 0 Å². The Kier molecular flexibility index (Phi) is 3.28. The van der Waals surface area contributed by atoms with Crippen LogP contribution in [-0.2, 0) is 9.53 Å². The largest absolute Gasteiger partial charge is 0.378 e. The molecule has 0 radical (unpaired) electrons. The average Bonchev–Trinajstić information content (AvgIpc) is 2.89. The van der Waals surface area contributed by atoms with Gasteiger partial charge in [0.2, 0.25) is 0 Å². The molecule has 1 aromatic carbocycles. The van der Waals surface area contributed by atoms with Crippen LogP contribution in [0.15, 0.2) is 24.4 Å². The van der Waals surface area contributed by atoms with Crippen LogP contribution in [0.25, 0.3) is 10.9 Å². The van der Waals surface area contributed by atoms with Crippen molar-refractivity contribution in [1.82, 2.24) is 9.88 Å². The molecule has 3 rings (SSSR count). The van der Waals surface area contributed by atoms with Gasteiger partial charge in [-0.05, 0) is 18.6 Å². The number of aromatic amines is 1. The molecule has 0 bridgehead atoms. The van der Waals surface area contributed by atoms with Crippen molar-refractivity contribution in [2.45, 2.75) is 6.92 Å². The van der Waals surface area contributed by atoms with Gasteiger partial charge in [-0.2, -0.15) is 0 Å². The number of H-pyrrole nitrogens is 1. The summed E-state index contributed by atoms with van der Waals surface area (Å²) in [7, 11) is 0. The topological polar surface area (TPSA) is 62.4 Å². The molecule has 1 amide bonds. The Bertz CT molecular complexity index is 669. The number of fused-ring (bicyclic) bond motifs is 1. The SMILES string of the molecule is Cc1ccc2c(C(=O)C(=O)N3CCOCC3)c[nH]c2c1. The molecule has 1 saturated heterocycles. The van der Waals surface area contributed by atoms with Crippen molar-refractivity contribution in [3.63, 3.8) is 0 Å². The van der Waals surface area contributed by atoms with Gasteiger partial charge in [0, 0.05) is 30.2 Å². The van der Waals surface area contributed by atoms with E-state index in [4.69, 9.17) is 4.74 Å². The first-order valence-electron chi connectivity index (χ1n) is 6.66. The maximum Gasteiger partial charge on any atom is 0.295 e. The van der Waals surface area contributed by atoms with Gasteiger partial charge >= 0.3 is 0 Å². The molecular formula is C15H16N2O3. The van der Waals surface area contributed by atoms with Crippen LogP contribution >= 0.6 is 0 Å². The van der Waals surface area contributed by atoms with E-state index in [-0.39, 0.29) is 0 Å². The number of aromatic nitrogens is 1. The number of amides is 1. The number of benzene rings is 1. The molecule has 0 spiro atoms. The Morgan fingerprint density at radius 1 is 1.25 bits per heavy atom. The molecule has 0 aliphatic carbocycles. The number of hydrogen-bond acceptors (Lipinski definition) is 3. The van der Waals surface area contributed by atoms with Crippen LogP contribution in [0.1, 0.15) is 15.9 Å². The van der Waals surface area contributed by atoms with Crippen LogP contribution in [-0.4, -0.2) is 47.9 Å². The summed E-state index contributed by atoms with van der Waals surface area (Å²) >= 11 is 0. The highest BCUT2D eigenvalue weighted by Gasteiger charge is 2.26. The van der Waals surface area contributed by atoms with E-state index in [1.165, 1.54) is 0 Å². The average molecular weight is 272 g/mol. The van der Waals surface area contributed by atoms with E-state index in [2.05, 4.69) is 4.98 Å². The second kappa shape index (κ2) is 5.09. The van der Waals surface area contributed by atoms with Crippen LogP contribution < -0.4 is 0 Å². The van der Waals surface area contributed by atoms with E-state index in [1.807, 2.05) is 25.1 Å². The van der Waals surface area contributed by atoms with Crippen molar-refractivity contribution >= 4 is 22.6 Å². The number of Topliss-reactive ketones (excluding diaryl/α,β-unsaturated/α-hetero) is 1. The third-order valence-electron chi connectivity index (χ3n) is 3.57. The monoisotopic (exact) mass is 272 g/mol. The first kappa shape index (κ1) is 12.9. The maximum absolute atomic E-state index is 12.4. The minimum atomic E-state index is -0.456. The Labute approximate surface area is 116 Å². The highest BCUT2D eigenvalue weighted by Crippen LogP contribution is 2.20. The van der Waals surface area contributed by atoms with Crippen LogP contribution in [0.5, 0.6) is 0 Å². The number of nitrogens with zero attached hydrogens (tertiary/aromatic N) is 1. The number of ketones is 1. The van der Waals surface area contributed by atoms with Gasteiger partial charge < -0.3 is 14.6 Å². The fraction of sp³-hybridized carbons (Fsp3) is 0.333. The highest BCUT2D eigenvalue weighted by atomic mass is 16.5. The summed E-state index contributed by atoms with van der Waals surface area (Å²) in [4.78, 5) is 29.2. The van der Waals surface area contributed by atoms with Crippen molar-refractivity contribution in [2.75, 3.05) is 26.3 Å². The minimum absolute atomic E-state index is 0.441. The Morgan fingerprint density at radius 3 is 2.75 bits per heavy atom. The molecule has 2 aromatic rings. The number of carbonyl (C=O) groups excluding carboxylic acids is 2. The van der Waals surface area contributed by atoms with Gasteiger partial charge in [0.15, 0.2) is 0 Å².